The van der Waals surface area contributed by atoms with Crippen LogP contribution in [0.4, 0.5) is 0 Å². The quantitative estimate of drug-likeness (QED) is 0.474. The minimum absolute atomic E-state index is 0.00272. The van der Waals surface area contributed by atoms with Crippen LogP contribution in [0.15, 0.2) is 0 Å². The zero-order valence-electron chi connectivity index (χ0n) is 12.6. The maximum absolute atomic E-state index is 6.07. The fraction of sp³-hybridized carbons (Fsp3) is 1.00. The maximum atomic E-state index is 6.07. The third-order valence-electron chi connectivity index (χ3n) is 5.71. The van der Waals surface area contributed by atoms with Crippen molar-refractivity contribution in [3.8, 4) is 0 Å². The van der Waals surface area contributed by atoms with E-state index in [2.05, 4.69) is 5.43 Å². The number of nitrogens with two attached hydrogens (primary N) is 1. The van der Waals surface area contributed by atoms with Crippen molar-refractivity contribution in [3.63, 3.8) is 0 Å². The third kappa shape index (κ3) is 3.19. The Morgan fingerprint density at radius 2 is 1.80 bits per heavy atom. The van der Waals surface area contributed by atoms with Crippen LogP contribution in [-0.4, -0.2) is 31.5 Å². The van der Waals surface area contributed by atoms with E-state index in [1.807, 2.05) is 0 Å². The molecule has 1 spiro atoms. The molecule has 4 nitrogen and oxygen atoms in total. The first kappa shape index (κ1) is 14.8. The lowest BCUT2D eigenvalue weighted by Gasteiger charge is -2.42. The molecule has 20 heavy (non-hydrogen) atoms. The van der Waals surface area contributed by atoms with Crippen LogP contribution in [0.2, 0.25) is 0 Å². The van der Waals surface area contributed by atoms with Gasteiger partial charge in [0.25, 0.3) is 0 Å². The van der Waals surface area contributed by atoms with Crippen LogP contribution in [0.5, 0.6) is 0 Å². The summed E-state index contributed by atoms with van der Waals surface area (Å²) in [4.78, 5) is 0. The van der Waals surface area contributed by atoms with Gasteiger partial charge in [-0.1, -0.05) is 25.7 Å². The van der Waals surface area contributed by atoms with E-state index in [4.69, 9.17) is 15.3 Å². The average Bonchev–Trinajstić information content (AvgIpc) is 2.75. The van der Waals surface area contributed by atoms with E-state index in [1.165, 1.54) is 38.5 Å². The molecule has 0 aromatic carbocycles. The van der Waals surface area contributed by atoms with Gasteiger partial charge in [-0.3, -0.25) is 11.3 Å². The normalized spacial score (nSPS) is 38.0. The van der Waals surface area contributed by atoms with Gasteiger partial charge in [0.2, 0.25) is 0 Å². The Balaban J connectivity index is 1.65. The molecule has 2 heterocycles. The standard InChI is InChI=1S/C16H30N2O2/c17-18-15(13-5-3-1-2-4-6-13)14-7-9-20-16(11-14)8-10-19-12-16/h13-15,18H,1-12,17H2. The van der Waals surface area contributed by atoms with Crippen molar-refractivity contribution >= 4 is 0 Å². The molecule has 3 aliphatic rings. The lowest BCUT2D eigenvalue weighted by atomic mass is 9.75. The zero-order chi connectivity index (χ0) is 13.8. The second-order valence-corrected chi connectivity index (χ2v) is 7.03. The van der Waals surface area contributed by atoms with Gasteiger partial charge < -0.3 is 9.47 Å². The molecule has 1 saturated carbocycles. The monoisotopic (exact) mass is 282 g/mol. The van der Waals surface area contributed by atoms with E-state index in [9.17, 15) is 0 Å². The number of hydrazine groups is 1. The van der Waals surface area contributed by atoms with Gasteiger partial charge in [-0.15, -0.1) is 0 Å². The van der Waals surface area contributed by atoms with Crippen molar-refractivity contribution in [1.29, 1.82) is 0 Å². The lowest BCUT2D eigenvalue weighted by molar-refractivity contribution is -0.106. The number of rotatable bonds is 3. The highest BCUT2D eigenvalue weighted by Crippen LogP contribution is 2.40. The Hall–Kier alpha value is -0.160. The Bertz CT molecular complexity index is 297. The Morgan fingerprint density at radius 1 is 1.00 bits per heavy atom. The first-order valence-corrected chi connectivity index (χ1v) is 8.51. The van der Waals surface area contributed by atoms with Gasteiger partial charge in [-0.25, -0.2) is 0 Å². The Labute approximate surface area is 122 Å². The van der Waals surface area contributed by atoms with Crippen LogP contribution in [0.1, 0.15) is 57.8 Å². The van der Waals surface area contributed by atoms with Crippen LogP contribution in [0.3, 0.4) is 0 Å². The summed E-state index contributed by atoms with van der Waals surface area (Å²) in [6.45, 7) is 2.52. The molecule has 2 aliphatic heterocycles. The minimum Gasteiger partial charge on any atom is -0.378 e. The molecule has 4 heteroatoms. The predicted octanol–water partition coefficient (Wildman–Crippen LogP) is 2.37. The van der Waals surface area contributed by atoms with E-state index >= 15 is 0 Å². The molecule has 0 amide bonds. The van der Waals surface area contributed by atoms with Crippen molar-refractivity contribution in [2.75, 3.05) is 19.8 Å². The van der Waals surface area contributed by atoms with Crippen LogP contribution >= 0.6 is 0 Å². The molecule has 0 aromatic rings. The van der Waals surface area contributed by atoms with Crippen LogP contribution in [0.25, 0.3) is 0 Å². The van der Waals surface area contributed by atoms with Gasteiger partial charge in [-0.05, 0) is 37.5 Å². The summed E-state index contributed by atoms with van der Waals surface area (Å²) in [5.41, 5.74) is 3.18. The largest absolute Gasteiger partial charge is 0.378 e. The highest BCUT2D eigenvalue weighted by atomic mass is 16.6. The molecular formula is C16H30N2O2. The summed E-state index contributed by atoms with van der Waals surface area (Å²) in [5.74, 6) is 7.36. The molecule has 2 saturated heterocycles. The maximum Gasteiger partial charge on any atom is 0.0939 e. The van der Waals surface area contributed by atoms with Crippen LogP contribution in [0, 0.1) is 11.8 Å². The predicted molar refractivity (Wildman–Crippen MR) is 79.1 cm³/mol. The molecule has 3 N–H and O–H groups in total. The molecule has 3 rings (SSSR count). The minimum atomic E-state index is 0.00272. The van der Waals surface area contributed by atoms with E-state index < -0.39 is 0 Å². The molecule has 3 unspecified atom stereocenters. The Kier molecular flexibility index (Phi) is 4.97. The van der Waals surface area contributed by atoms with Gasteiger partial charge >= 0.3 is 0 Å². The molecule has 1 aliphatic carbocycles. The highest BCUT2D eigenvalue weighted by Gasteiger charge is 2.44. The van der Waals surface area contributed by atoms with Gasteiger partial charge in [0.05, 0.1) is 12.2 Å². The second-order valence-electron chi connectivity index (χ2n) is 7.03. The van der Waals surface area contributed by atoms with Crippen LogP contribution in [-0.2, 0) is 9.47 Å². The van der Waals surface area contributed by atoms with Crippen molar-refractivity contribution in [1.82, 2.24) is 5.43 Å². The second kappa shape index (κ2) is 6.73. The van der Waals surface area contributed by atoms with Crippen molar-refractivity contribution in [3.05, 3.63) is 0 Å². The molecule has 116 valence electrons. The van der Waals surface area contributed by atoms with Crippen molar-refractivity contribution < 1.29 is 9.47 Å². The fourth-order valence-corrected chi connectivity index (χ4v) is 4.56. The van der Waals surface area contributed by atoms with E-state index in [0.717, 1.165) is 45.0 Å². The SMILES string of the molecule is NNC(C1CCCCCC1)C1CCOC2(CCOC2)C1. The topological polar surface area (TPSA) is 56.5 Å². The first-order chi connectivity index (χ1) is 9.83. The molecule has 0 aromatic heterocycles. The van der Waals surface area contributed by atoms with Gasteiger partial charge in [0.1, 0.15) is 0 Å². The summed E-state index contributed by atoms with van der Waals surface area (Å²) in [5, 5.41) is 0. The third-order valence-corrected chi connectivity index (χ3v) is 5.71. The summed E-state index contributed by atoms with van der Waals surface area (Å²) in [7, 11) is 0. The highest BCUT2D eigenvalue weighted by molar-refractivity contribution is 4.95. The number of hydrogen-bond acceptors (Lipinski definition) is 4. The first-order valence-electron chi connectivity index (χ1n) is 8.51. The van der Waals surface area contributed by atoms with Crippen LogP contribution < -0.4 is 11.3 Å². The Morgan fingerprint density at radius 3 is 2.45 bits per heavy atom. The molecule has 3 fully saturated rings. The summed E-state index contributed by atoms with van der Waals surface area (Å²) in [6, 6.07) is 0.467. The van der Waals surface area contributed by atoms with Gasteiger partial charge in [0, 0.05) is 25.7 Å². The summed E-state index contributed by atoms with van der Waals surface area (Å²) < 4.78 is 11.7. The van der Waals surface area contributed by atoms with Crippen molar-refractivity contribution in [2.24, 2.45) is 17.7 Å². The number of hydrogen-bond donors (Lipinski definition) is 2. The zero-order valence-corrected chi connectivity index (χ0v) is 12.6. The average molecular weight is 282 g/mol. The summed E-state index contributed by atoms with van der Waals surface area (Å²) in [6.07, 6.45) is 11.6. The number of ether oxygens (including phenoxy) is 2. The molecule has 0 radical (unpaired) electrons. The number of nitrogens with one attached hydrogen (secondary N) is 1. The molecule has 3 atom stereocenters. The lowest BCUT2D eigenvalue weighted by Crippen LogP contribution is -2.52. The molecular weight excluding hydrogens is 252 g/mol. The van der Waals surface area contributed by atoms with E-state index in [-0.39, 0.29) is 5.60 Å². The van der Waals surface area contributed by atoms with Crippen molar-refractivity contribution in [2.45, 2.75) is 69.4 Å². The molecule has 0 bridgehead atoms. The fourth-order valence-electron chi connectivity index (χ4n) is 4.56. The van der Waals surface area contributed by atoms with Gasteiger partial charge in [0.15, 0.2) is 0 Å². The smallest absolute Gasteiger partial charge is 0.0939 e. The van der Waals surface area contributed by atoms with E-state index in [1.54, 1.807) is 0 Å². The van der Waals surface area contributed by atoms with Gasteiger partial charge in [-0.2, -0.15) is 0 Å². The van der Waals surface area contributed by atoms with E-state index in [0.29, 0.717) is 12.0 Å². The summed E-state index contributed by atoms with van der Waals surface area (Å²) >= 11 is 0.